The Hall–Kier alpha value is -2.68. The molecule has 26 heavy (non-hydrogen) atoms. The lowest BCUT2D eigenvalue weighted by atomic mass is 9.96. The Morgan fingerprint density at radius 1 is 1.38 bits per heavy atom. The molecule has 2 amide bonds. The molecule has 9 heteroatoms. The third-order valence-corrected chi connectivity index (χ3v) is 5.54. The summed E-state index contributed by atoms with van der Waals surface area (Å²) in [6.07, 6.45) is 7.14. The van der Waals surface area contributed by atoms with Crippen molar-refractivity contribution >= 4 is 28.1 Å². The zero-order valence-electron chi connectivity index (χ0n) is 14.5. The third kappa shape index (κ3) is 2.88. The van der Waals surface area contributed by atoms with E-state index in [1.807, 2.05) is 27.8 Å². The van der Waals surface area contributed by atoms with Gasteiger partial charge in [-0.2, -0.15) is 0 Å². The largest absolute Gasteiger partial charge is 0.368 e. The number of thiazole rings is 1. The lowest BCUT2D eigenvalue weighted by molar-refractivity contribution is -0.118. The van der Waals surface area contributed by atoms with Gasteiger partial charge in [-0.05, 0) is 19.8 Å². The molecule has 3 aromatic rings. The Morgan fingerprint density at radius 3 is 3.04 bits per heavy atom. The number of aryl methyl sites for hydroxylation is 1. The summed E-state index contributed by atoms with van der Waals surface area (Å²) < 4.78 is 3.64. The van der Waals surface area contributed by atoms with Crippen molar-refractivity contribution in [2.75, 3.05) is 13.1 Å². The average molecular weight is 372 g/mol. The molecule has 1 aliphatic rings. The zero-order chi connectivity index (χ0) is 18.3. The molecule has 2 N–H and O–H groups in total. The van der Waals surface area contributed by atoms with Gasteiger partial charge in [0.1, 0.15) is 18.1 Å². The monoisotopic (exact) mass is 372 g/mol. The second-order valence-electron chi connectivity index (χ2n) is 6.57. The molecule has 0 bridgehead atoms. The molecule has 0 aliphatic carbocycles. The molecule has 1 fully saturated rings. The molecule has 0 radical (unpaired) electrons. The van der Waals surface area contributed by atoms with Gasteiger partial charge < -0.3 is 15.2 Å². The molecule has 1 atom stereocenters. The van der Waals surface area contributed by atoms with Crippen LogP contribution in [0.4, 0.5) is 0 Å². The Kier molecular flexibility index (Phi) is 4.23. The summed E-state index contributed by atoms with van der Waals surface area (Å²) in [6.45, 7) is 3.26. The second-order valence-corrected chi connectivity index (χ2v) is 7.44. The highest BCUT2D eigenvalue weighted by molar-refractivity contribution is 7.15. The minimum Gasteiger partial charge on any atom is -0.368 e. The van der Waals surface area contributed by atoms with Crippen LogP contribution >= 0.6 is 11.3 Å². The fraction of sp³-hybridized carbons (Fsp3) is 0.412. The number of fused-ring (bicyclic) bond motifs is 1. The van der Waals surface area contributed by atoms with Crippen LogP contribution in [0.5, 0.6) is 0 Å². The van der Waals surface area contributed by atoms with Crippen molar-refractivity contribution < 1.29 is 9.59 Å². The molecule has 4 heterocycles. The van der Waals surface area contributed by atoms with E-state index in [4.69, 9.17) is 5.73 Å². The van der Waals surface area contributed by atoms with Crippen LogP contribution in [0, 0.1) is 6.92 Å². The number of hydrogen-bond donors (Lipinski definition) is 1. The number of piperidine rings is 1. The first-order valence-corrected chi connectivity index (χ1v) is 9.43. The minimum atomic E-state index is -0.400. The van der Waals surface area contributed by atoms with E-state index in [0.29, 0.717) is 18.8 Å². The maximum absolute atomic E-state index is 13.1. The Labute approximate surface area is 154 Å². The topological polar surface area (TPSA) is 98.5 Å². The van der Waals surface area contributed by atoms with Crippen LogP contribution in [-0.4, -0.2) is 48.7 Å². The van der Waals surface area contributed by atoms with Gasteiger partial charge >= 0.3 is 0 Å². The van der Waals surface area contributed by atoms with Crippen molar-refractivity contribution in [1.82, 2.24) is 23.8 Å². The summed E-state index contributed by atoms with van der Waals surface area (Å²) in [5.74, 6) is 0.495. The second kappa shape index (κ2) is 6.56. The SMILES string of the molecule is Cc1nc2sccn2c1C(=O)N1CCC[C@H](c2nccn2CC(N)=O)C1. The molecule has 0 aromatic carbocycles. The van der Waals surface area contributed by atoms with Gasteiger partial charge in [-0.3, -0.25) is 14.0 Å². The Balaban J connectivity index is 1.58. The number of rotatable bonds is 4. The first-order chi connectivity index (χ1) is 12.5. The van der Waals surface area contributed by atoms with Gasteiger partial charge in [0.15, 0.2) is 4.96 Å². The molecule has 136 valence electrons. The Morgan fingerprint density at radius 2 is 2.23 bits per heavy atom. The van der Waals surface area contributed by atoms with Crippen molar-refractivity contribution in [3.63, 3.8) is 0 Å². The molecule has 8 nitrogen and oxygen atoms in total. The first kappa shape index (κ1) is 16.8. The van der Waals surface area contributed by atoms with Crippen molar-refractivity contribution in [3.05, 3.63) is 41.2 Å². The van der Waals surface area contributed by atoms with Gasteiger partial charge in [-0.25, -0.2) is 9.97 Å². The van der Waals surface area contributed by atoms with E-state index in [-0.39, 0.29) is 18.4 Å². The van der Waals surface area contributed by atoms with Crippen LogP contribution in [-0.2, 0) is 11.3 Å². The maximum atomic E-state index is 13.1. The highest BCUT2D eigenvalue weighted by Crippen LogP contribution is 2.28. The van der Waals surface area contributed by atoms with E-state index in [9.17, 15) is 9.59 Å². The quantitative estimate of drug-likeness (QED) is 0.748. The number of primary amides is 1. The van der Waals surface area contributed by atoms with E-state index < -0.39 is 5.91 Å². The van der Waals surface area contributed by atoms with Crippen molar-refractivity contribution in [2.24, 2.45) is 5.73 Å². The number of imidazole rings is 2. The fourth-order valence-electron chi connectivity index (χ4n) is 3.66. The predicted octanol–water partition coefficient (Wildman–Crippen LogP) is 1.41. The molecular formula is C17H20N6O2S. The number of amides is 2. The molecule has 1 saturated heterocycles. The van der Waals surface area contributed by atoms with Gasteiger partial charge in [-0.1, -0.05) is 0 Å². The maximum Gasteiger partial charge on any atom is 0.272 e. The van der Waals surface area contributed by atoms with Gasteiger partial charge in [0.25, 0.3) is 5.91 Å². The van der Waals surface area contributed by atoms with Gasteiger partial charge in [0, 0.05) is 43.0 Å². The van der Waals surface area contributed by atoms with E-state index in [1.54, 1.807) is 17.0 Å². The highest BCUT2D eigenvalue weighted by Gasteiger charge is 2.30. The summed E-state index contributed by atoms with van der Waals surface area (Å²) >= 11 is 1.52. The predicted molar refractivity (Wildman–Crippen MR) is 97.1 cm³/mol. The zero-order valence-corrected chi connectivity index (χ0v) is 15.3. The van der Waals surface area contributed by atoms with Crippen molar-refractivity contribution in [3.8, 4) is 0 Å². The number of carbonyl (C=O) groups is 2. The summed E-state index contributed by atoms with van der Waals surface area (Å²) in [5, 5.41) is 1.93. The lowest BCUT2D eigenvalue weighted by Gasteiger charge is -2.32. The summed E-state index contributed by atoms with van der Waals surface area (Å²) in [7, 11) is 0. The molecule has 4 rings (SSSR count). The standard InChI is InChI=1S/C17H20N6O2S/c1-11-14(23-7-8-26-17(23)20-11)16(25)22-5-2-3-12(9-22)15-19-4-6-21(15)10-13(18)24/h4,6-8,12H,2-3,5,9-10H2,1H3,(H2,18,24)/t12-/m0/s1. The number of aromatic nitrogens is 4. The van der Waals surface area contributed by atoms with E-state index in [1.165, 1.54) is 11.3 Å². The fourth-order valence-corrected chi connectivity index (χ4v) is 4.42. The highest BCUT2D eigenvalue weighted by atomic mass is 32.1. The minimum absolute atomic E-state index is 0.00823. The first-order valence-electron chi connectivity index (χ1n) is 8.55. The van der Waals surface area contributed by atoms with Crippen LogP contribution in [0.15, 0.2) is 24.0 Å². The summed E-state index contributed by atoms with van der Waals surface area (Å²) in [4.78, 5) is 36.0. The molecule has 0 spiro atoms. The van der Waals surface area contributed by atoms with Gasteiger partial charge in [0.05, 0.1) is 5.69 Å². The number of likely N-dealkylation sites (tertiary alicyclic amines) is 1. The van der Waals surface area contributed by atoms with Crippen molar-refractivity contribution in [1.29, 1.82) is 0 Å². The smallest absolute Gasteiger partial charge is 0.272 e. The van der Waals surface area contributed by atoms with Crippen LogP contribution in [0.2, 0.25) is 0 Å². The van der Waals surface area contributed by atoms with Gasteiger partial charge in [-0.15, -0.1) is 11.3 Å². The van der Waals surface area contributed by atoms with Crippen molar-refractivity contribution in [2.45, 2.75) is 32.2 Å². The Bertz CT molecular complexity index is 971. The average Bonchev–Trinajstić information content (AvgIpc) is 3.30. The number of nitrogens with zero attached hydrogens (tertiary/aromatic N) is 5. The normalized spacial score (nSPS) is 17.7. The number of nitrogens with two attached hydrogens (primary N) is 1. The van der Waals surface area contributed by atoms with Crippen LogP contribution in [0.3, 0.4) is 0 Å². The van der Waals surface area contributed by atoms with Gasteiger partial charge in [0.2, 0.25) is 5.91 Å². The lowest BCUT2D eigenvalue weighted by Crippen LogP contribution is -2.40. The number of carbonyl (C=O) groups excluding carboxylic acids is 2. The van der Waals surface area contributed by atoms with Crippen LogP contribution in [0.1, 0.15) is 40.8 Å². The molecule has 1 aliphatic heterocycles. The molecule has 0 unspecified atom stereocenters. The molecular weight excluding hydrogens is 352 g/mol. The molecule has 0 saturated carbocycles. The van der Waals surface area contributed by atoms with Crippen LogP contribution < -0.4 is 5.73 Å². The third-order valence-electron chi connectivity index (χ3n) is 4.79. The molecule has 3 aromatic heterocycles. The number of hydrogen-bond acceptors (Lipinski definition) is 5. The van der Waals surface area contributed by atoms with E-state index in [2.05, 4.69) is 9.97 Å². The van der Waals surface area contributed by atoms with E-state index in [0.717, 1.165) is 29.3 Å². The van der Waals surface area contributed by atoms with Crippen LogP contribution in [0.25, 0.3) is 4.96 Å². The van der Waals surface area contributed by atoms with E-state index >= 15 is 0 Å². The summed E-state index contributed by atoms with van der Waals surface area (Å²) in [5.41, 5.74) is 6.70. The summed E-state index contributed by atoms with van der Waals surface area (Å²) in [6, 6.07) is 0.